The van der Waals surface area contributed by atoms with E-state index in [9.17, 15) is 9.59 Å². The quantitative estimate of drug-likeness (QED) is 0.837. The fourth-order valence-electron chi connectivity index (χ4n) is 2.98. The van der Waals surface area contributed by atoms with Crippen molar-refractivity contribution in [3.8, 4) is 5.75 Å². The van der Waals surface area contributed by atoms with Crippen LogP contribution in [0.5, 0.6) is 5.75 Å². The van der Waals surface area contributed by atoms with Crippen LogP contribution in [0.1, 0.15) is 32.6 Å². The second-order valence-electron chi connectivity index (χ2n) is 7.02. The SMILES string of the molecule is CN(C)C(=O)COc1ccc(NC(=O)C2CCCCC2(C)N)cc1Cl. The number of nitrogens with one attached hydrogen (secondary N) is 1. The first-order chi connectivity index (χ1) is 11.7. The number of benzene rings is 1. The zero-order chi connectivity index (χ0) is 18.6. The molecule has 1 aromatic rings. The summed E-state index contributed by atoms with van der Waals surface area (Å²) in [6, 6.07) is 4.96. The number of carbonyl (C=O) groups excluding carboxylic acids is 2. The van der Waals surface area contributed by atoms with E-state index in [1.54, 1.807) is 32.3 Å². The molecule has 3 N–H and O–H groups in total. The van der Waals surface area contributed by atoms with Crippen LogP contribution >= 0.6 is 11.6 Å². The van der Waals surface area contributed by atoms with E-state index in [1.165, 1.54) is 4.90 Å². The number of nitrogens with two attached hydrogens (primary N) is 1. The van der Waals surface area contributed by atoms with Crippen LogP contribution in [-0.2, 0) is 9.59 Å². The van der Waals surface area contributed by atoms with Crippen molar-refractivity contribution in [3.63, 3.8) is 0 Å². The number of halogens is 1. The molecule has 2 atom stereocenters. The fraction of sp³-hybridized carbons (Fsp3) is 0.556. The Kier molecular flexibility index (Phi) is 6.30. The van der Waals surface area contributed by atoms with Gasteiger partial charge in [-0.3, -0.25) is 9.59 Å². The lowest BCUT2D eigenvalue weighted by Gasteiger charge is -2.37. The first-order valence-electron chi connectivity index (χ1n) is 8.43. The molecule has 2 amide bonds. The van der Waals surface area contributed by atoms with E-state index in [0.29, 0.717) is 16.5 Å². The second kappa shape index (κ2) is 8.06. The number of rotatable bonds is 5. The molecule has 2 rings (SSSR count). The molecule has 1 aliphatic rings. The standard InChI is InChI=1S/C18H26ClN3O3/c1-18(20)9-5-4-6-13(18)17(24)21-12-7-8-15(14(19)10-12)25-11-16(23)22(2)3/h7-8,10,13H,4-6,9,11,20H2,1-3H3,(H,21,24). The highest BCUT2D eigenvalue weighted by Gasteiger charge is 2.37. The van der Waals surface area contributed by atoms with Crippen LogP contribution in [0.3, 0.4) is 0 Å². The molecule has 0 heterocycles. The summed E-state index contributed by atoms with van der Waals surface area (Å²) in [6.45, 7) is 1.84. The molecule has 0 aromatic heterocycles. The van der Waals surface area contributed by atoms with E-state index >= 15 is 0 Å². The summed E-state index contributed by atoms with van der Waals surface area (Å²) in [6.07, 6.45) is 3.71. The Bertz CT molecular complexity index is 646. The molecule has 0 saturated heterocycles. The van der Waals surface area contributed by atoms with Crippen LogP contribution in [0.2, 0.25) is 5.02 Å². The van der Waals surface area contributed by atoms with Gasteiger partial charge in [0.2, 0.25) is 5.91 Å². The summed E-state index contributed by atoms with van der Waals surface area (Å²) in [5.41, 5.74) is 6.38. The molecule has 6 nitrogen and oxygen atoms in total. The predicted molar refractivity (Wildman–Crippen MR) is 98.8 cm³/mol. The summed E-state index contributed by atoms with van der Waals surface area (Å²) in [7, 11) is 3.31. The predicted octanol–water partition coefficient (Wildman–Crippen LogP) is 2.65. The van der Waals surface area contributed by atoms with Crippen molar-refractivity contribution < 1.29 is 14.3 Å². The summed E-state index contributed by atoms with van der Waals surface area (Å²) in [5, 5.41) is 3.22. The van der Waals surface area contributed by atoms with Crippen LogP contribution in [0.15, 0.2) is 18.2 Å². The van der Waals surface area contributed by atoms with Gasteiger partial charge in [-0.1, -0.05) is 24.4 Å². The Labute approximate surface area is 153 Å². The van der Waals surface area contributed by atoms with Crippen molar-refractivity contribution in [1.82, 2.24) is 4.90 Å². The van der Waals surface area contributed by atoms with E-state index < -0.39 is 5.54 Å². The van der Waals surface area contributed by atoms with Gasteiger partial charge in [-0.15, -0.1) is 0 Å². The molecule has 138 valence electrons. The van der Waals surface area contributed by atoms with E-state index in [-0.39, 0.29) is 24.3 Å². The van der Waals surface area contributed by atoms with E-state index in [4.69, 9.17) is 22.1 Å². The minimum atomic E-state index is -0.484. The largest absolute Gasteiger partial charge is 0.482 e. The molecule has 1 aromatic carbocycles. The number of hydrogen-bond acceptors (Lipinski definition) is 4. The zero-order valence-corrected chi connectivity index (χ0v) is 15.7. The maximum atomic E-state index is 12.6. The van der Waals surface area contributed by atoms with Crippen LogP contribution in [0.4, 0.5) is 5.69 Å². The molecule has 1 saturated carbocycles. The maximum Gasteiger partial charge on any atom is 0.259 e. The Morgan fingerprint density at radius 3 is 2.72 bits per heavy atom. The third kappa shape index (κ3) is 5.09. The number of carbonyl (C=O) groups is 2. The molecule has 0 radical (unpaired) electrons. The first-order valence-corrected chi connectivity index (χ1v) is 8.81. The monoisotopic (exact) mass is 367 g/mol. The van der Waals surface area contributed by atoms with Crippen LogP contribution < -0.4 is 15.8 Å². The zero-order valence-electron chi connectivity index (χ0n) is 15.0. The number of anilines is 1. The topological polar surface area (TPSA) is 84.7 Å². The van der Waals surface area contributed by atoms with Gasteiger partial charge in [0.1, 0.15) is 5.75 Å². The van der Waals surface area contributed by atoms with Gasteiger partial charge in [-0.25, -0.2) is 0 Å². The Morgan fingerprint density at radius 2 is 2.12 bits per heavy atom. The third-order valence-corrected chi connectivity index (χ3v) is 4.92. The molecule has 0 bridgehead atoms. The average molecular weight is 368 g/mol. The summed E-state index contributed by atoms with van der Waals surface area (Å²) in [5.74, 6) is -0.0601. The fourth-order valence-corrected chi connectivity index (χ4v) is 3.22. The van der Waals surface area contributed by atoms with Crippen LogP contribution in [0.25, 0.3) is 0 Å². The summed E-state index contributed by atoms with van der Waals surface area (Å²) < 4.78 is 5.41. The van der Waals surface area contributed by atoms with Crippen LogP contribution in [-0.4, -0.2) is 43.0 Å². The summed E-state index contributed by atoms with van der Waals surface area (Å²) >= 11 is 6.19. The van der Waals surface area contributed by atoms with Gasteiger partial charge in [0.25, 0.3) is 5.91 Å². The number of likely N-dealkylation sites (N-methyl/N-ethyl adjacent to an activating group) is 1. The average Bonchev–Trinajstić information content (AvgIpc) is 2.53. The molecule has 1 fully saturated rings. The second-order valence-corrected chi connectivity index (χ2v) is 7.42. The Balaban J connectivity index is 2.00. The lowest BCUT2D eigenvalue weighted by atomic mass is 9.74. The molecule has 1 aliphatic carbocycles. The first kappa shape index (κ1) is 19.5. The van der Waals surface area contributed by atoms with Crippen LogP contribution in [0, 0.1) is 5.92 Å². The molecular formula is C18H26ClN3O3. The third-order valence-electron chi connectivity index (χ3n) is 4.62. The van der Waals surface area contributed by atoms with Gasteiger partial charge >= 0.3 is 0 Å². The van der Waals surface area contributed by atoms with Crippen molar-refractivity contribution in [1.29, 1.82) is 0 Å². The van der Waals surface area contributed by atoms with Gasteiger partial charge in [0.05, 0.1) is 10.9 Å². The van der Waals surface area contributed by atoms with Crippen molar-refractivity contribution in [3.05, 3.63) is 23.2 Å². The minimum Gasteiger partial charge on any atom is -0.482 e. The van der Waals surface area contributed by atoms with Crippen molar-refractivity contribution in [2.75, 3.05) is 26.0 Å². The highest BCUT2D eigenvalue weighted by molar-refractivity contribution is 6.32. The minimum absolute atomic E-state index is 0.0859. The van der Waals surface area contributed by atoms with E-state index in [2.05, 4.69) is 5.32 Å². The van der Waals surface area contributed by atoms with Crippen molar-refractivity contribution >= 4 is 29.1 Å². The molecule has 2 unspecified atom stereocenters. The molecule has 0 spiro atoms. The van der Waals surface area contributed by atoms with E-state index in [1.807, 2.05) is 6.92 Å². The summed E-state index contributed by atoms with van der Waals surface area (Å²) in [4.78, 5) is 25.6. The molecule has 25 heavy (non-hydrogen) atoms. The van der Waals surface area contributed by atoms with Gasteiger partial charge in [0, 0.05) is 25.3 Å². The number of amides is 2. The molecule has 7 heteroatoms. The maximum absolute atomic E-state index is 12.6. The molecule has 0 aliphatic heterocycles. The number of ether oxygens (including phenoxy) is 1. The lowest BCUT2D eigenvalue weighted by molar-refractivity contribution is -0.130. The van der Waals surface area contributed by atoms with Gasteiger partial charge < -0.3 is 20.7 Å². The van der Waals surface area contributed by atoms with Crippen molar-refractivity contribution in [2.45, 2.75) is 38.1 Å². The van der Waals surface area contributed by atoms with E-state index in [0.717, 1.165) is 25.7 Å². The Morgan fingerprint density at radius 1 is 1.40 bits per heavy atom. The highest BCUT2D eigenvalue weighted by Crippen LogP contribution is 2.33. The normalized spacial score (nSPS) is 23.0. The van der Waals surface area contributed by atoms with Gasteiger partial charge in [-0.05, 0) is 38.0 Å². The number of hydrogen-bond donors (Lipinski definition) is 2. The Hall–Kier alpha value is -1.79. The van der Waals surface area contributed by atoms with Crippen molar-refractivity contribution in [2.24, 2.45) is 11.7 Å². The molecular weight excluding hydrogens is 342 g/mol. The lowest BCUT2D eigenvalue weighted by Crippen LogP contribution is -2.51. The highest BCUT2D eigenvalue weighted by atomic mass is 35.5. The smallest absolute Gasteiger partial charge is 0.259 e. The van der Waals surface area contributed by atoms with Gasteiger partial charge in [0.15, 0.2) is 6.61 Å². The van der Waals surface area contributed by atoms with Gasteiger partial charge in [-0.2, -0.15) is 0 Å². The number of nitrogens with zero attached hydrogens (tertiary/aromatic N) is 1.